The van der Waals surface area contributed by atoms with Crippen LogP contribution in [0, 0.1) is 20.8 Å². The molecular formula is C24H25N5O. The molecule has 2 heterocycles. The van der Waals surface area contributed by atoms with Crippen LogP contribution in [0.4, 0.5) is 11.5 Å². The number of rotatable bonds is 6. The summed E-state index contributed by atoms with van der Waals surface area (Å²) in [5.74, 6) is 0.963. The first-order valence-electron chi connectivity index (χ1n) is 10.0. The Balaban J connectivity index is 1.45. The second-order valence-electron chi connectivity index (χ2n) is 7.44. The van der Waals surface area contributed by atoms with Crippen molar-refractivity contribution < 1.29 is 4.79 Å². The zero-order chi connectivity index (χ0) is 21.1. The van der Waals surface area contributed by atoms with E-state index in [0.717, 1.165) is 28.8 Å². The van der Waals surface area contributed by atoms with Crippen molar-refractivity contribution in [2.45, 2.75) is 27.2 Å². The molecule has 0 spiro atoms. The zero-order valence-electron chi connectivity index (χ0n) is 17.4. The highest BCUT2D eigenvalue weighted by molar-refractivity contribution is 6.04. The number of hydrogen-bond donors (Lipinski definition) is 3. The highest BCUT2D eigenvalue weighted by Gasteiger charge is 2.13. The third-order valence-corrected chi connectivity index (χ3v) is 5.17. The number of H-pyrrole nitrogens is 1. The third-order valence-electron chi connectivity index (χ3n) is 5.17. The van der Waals surface area contributed by atoms with E-state index in [4.69, 9.17) is 0 Å². The molecule has 6 nitrogen and oxygen atoms in total. The number of nitrogens with zero attached hydrogens (tertiary/aromatic N) is 2. The molecule has 6 heteroatoms. The third kappa shape index (κ3) is 4.17. The van der Waals surface area contributed by atoms with Crippen molar-refractivity contribution in [3.8, 4) is 0 Å². The molecule has 0 saturated heterocycles. The summed E-state index contributed by atoms with van der Waals surface area (Å²) in [6.45, 7) is 6.45. The summed E-state index contributed by atoms with van der Waals surface area (Å²) in [7, 11) is 0. The van der Waals surface area contributed by atoms with Gasteiger partial charge in [0.25, 0.3) is 5.91 Å². The van der Waals surface area contributed by atoms with Crippen LogP contribution in [-0.4, -0.2) is 27.4 Å². The van der Waals surface area contributed by atoms with Crippen LogP contribution < -0.4 is 10.6 Å². The molecule has 0 fully saturated rings. The van der Waals surface area contributed by atoms with Gasteiger partial charge in [0, 0.05) is 35.4 Å². The molecule has 0 saturated carbocycles. The van der Waals surface area contributed by atoms with Crippen LogP contribution in [0.15, 0.2) is 54.7 Å². The van der Waals surface area contributed by atoms with Gasteiger partial charge in [0.1, 0.15) is 17.3 Å². The molecule has 0 aliphatic carbocycles. The average Bonchev–Trinajstić information content (AvgIpc) is 3.13. The normalized spacial score (nSPS) is 10.9. The lowest BCUT2D eigenvalue weighted by Crippen LogP contribution is -2.17. The van der Waals surface area contributed by atoms with Crippen molar-refractivity contribution in [2.24, 2.45) is 0 Å². The number of aryl methyl sites for hydroxylation is 3. The lowest BCUT2D eigenvalue weighted by Gasteiger charge is -2.12. The molecular weight excluding hydrogens is 374 g/mol. The van der Waals surface area contributed by atoms with E-state index in [-0.39, 0.29) is 5.91 Å². The largest absolute Gasteiger partial charge is 0.370 e. The van der Waals surface area contributed by atoms with E-state index in [9.17, 15) is 4.79 Å². The number of nitrogens with one attached hydrogen (secondary N) is 3. The van der Waals surface area contributed by atoms with Gasteiger partial charge in [-0.2, -0.15) is 0 Å². The topological polar surface area (TPSA) is 82.7 Å². The molecule has 152 valence electrons. The first-order valence-corrected chi connectivity index (χ1v) is 10.0. The van der Waals surface area contributed by atoms with Gasteiger partial charge in [-0.25, -0.2) is 9.97 Å². The van der Waals surface area contributed by atoms with Crippen LogP contribution in [0.3, 0.4) is 0 Å². The lowest BCUT2D eigenvalue weighted by atomic mass is 10.1. The summed E-state index contributed by atoms with van der Waals surface area (Å²) in [4.78, 5) is 24.8. The van der Waals surface area contributed by atoms with Crippen LogP contribution in [0.2, 0.25) is 0 Å². The Hall–Kier alpha value is -3.67. The van der Waals surface area contributed by atoms with Crippen LogP contribution in [0.25, 0.3) is 10.9 Å². The monoisotopic (exact) mass is 399 g/mol. The number of anilines is 2. The number of para-hydroxylation sites is 2. The van der Waals surface area contributed by atoms with Gasteiger partial charge >= 0.3 is 0 Å². The van der Waals surface area contributed by atoms with Gasteiger partial charge in [-0.15, -0.1) is 0 Å². The average molecular weight is 399 g/mol. The van der Waals surface area contributed by atoms with Gasteiger partial charge in [-0.05, 0) is 49.9 Å². The minimum absolute atomic E-state index is 0.238. The zero-order valence-corrected chi connectivity index (χ0v) is 17.4. The number of aromatic nitrogens is 3. The van der Waals surface area contributed by atoms with Crippen molar-refractivity contribution in [3.63, 3.8) is 0 Å². The molecule has 2 aromatic heterocycles. The Morgan fingerprint density at radius 1 is 1.00 bits per heavy atom. The number of carbonyl (C=O) groups is 1. The van der Waals surface area contributed by atoms with Gasteiger partial charge in [0.15, 0.2) is 0 Å². The first kappa shape index (κ1) is 19.6. The molecule has 0 radical (unpaired) electrons. The van der Waals surface area contributed by atoms with Crippen LogP contribution >= 0.6 is 0 Å². The molecule has 0 unspecified atom stereocenters. The number of benzene rings is 2. The predicted octanol–water partition coefficient (Wildman–Crippen LogP) is 4.79. The maximum Gasteiger partial charge on any atom is 0.274 e. The van der Waals surface area contributed by atoms with E-state index in [2.05, 4.69) is 37.7 Å². The Labute approximate surface area is 175 Å². The molecule has 0 bridgehead atoms. The summed E-state index contributed by atoms with van der Waals surface area (Å²) in [6.07, 6.45) is 2.89. The standard InChI is InChI=1S/C24H25N5O/c1-15-7-6-8-16(2)23(15)29-24(30)21-13-22(28-17(3)27-21)25-12-11-18-14-26-20-10-5-4-9-19(18)20/h4-10,13-14,26H,11-12H2,1-3H3,(H,29,30)(H,25,27,28). The summed E-state index contributed by atoms with van der Waals surface area (Å²) in [6, 6.07) is 15.9. The van der Waals surface area contributed by atoms with E-state index in [1.807, 2.05) is 50.4 Å². The summed E-state index contributed by atoms with van der Waals surface area (Å²) >= 11 is 0. The number of aromatic amines is 1. The molecule has 0 aliphatic heterocycles. The van der Waals surface area contributed by atoms with Crippen LogP contribution in [0.5, 0.6) is 0 Å². The van der Waals surface area contributed by atoms with Gasteiger partial charge in [0.05, 0.1) is 0 Å². The molecule has 2 aromatic carbocycles. The van der Waals surface area contributed by atoms with Crippen molar-refractivity contribution in [2.75, 3.05) is 17.2 Å². The van der Waals surface area contributed by atoms with E-state index in [1.54, 1.807) is 13.0 Å². The van der Waals surface area contributed by atoms with Gasteiger partial charge in [-0.3, -0.25) is 4.79 Å². The highest BCUT2D eigenvalue weighted by atomic mass is 16.1. The van der Waals surface area contributed by atoms with Crippen molar-refractivity contribution in [3.05, 3.63) is 82.9 Å². The van der Waals surface area contributed by atoms with E-state index < -0.39 is 0 Å². The second kappa shape index (κ2) is 8.37. The van der Waals surface area contributed by atoms with Crippen LogP contribution in [0.1, 0.15) is 33.0 Å². The Bertz CT molecular complexity index is 1190. The molecule has 0 atom stereocenters. The van der Waals surface area contributed by atoms with E-state index in [1.165, 1.54) is 10.9 Å². The Morgan fingerprint density at radius 2 is 1.77 bits per heavy atom. The molecule has 3 N–H and O–H groups in total. The molecule has 0 aliphatic rings. The number of hydrogen-bond acceptors (Lipinski definition) is 4. The summed E-state index contributed by atoms with van der Waals surface area (Å²) in [5, 5.41) is 7.54. The van der Waals surface area contributed by atoms with Crippen LogP contribution in [-0.2, 0) is 6.42 Å². The SMILES string of the molecule is Cc1nc(NCCc2c[nH]c3ccccc23)cc(C(=O)Nc2c(C)cccc2C)n1. The lowest BCUT2D eigenvalue weighted by molar-refractivity contribution is 0.102. The second-order valence-corrected chi connectivity index (χ2v) is 7.44. The number of fused-ring (bicyclic) bond motifs is 1. The Morgan fingerprint density at radius 3 is 2.57 bits per heavy atom. The van der Waals surface area contributed by atoms with Crippen molar-refractivity contribution in [1.82, 2.24) is 15.0 Å². The first-order chi connectivity index (χ1) is 14.5. The minimum Gasteiger partial charge on any atom is -0.370 e. The maximum atomic E-state index is 12.8. The maximum absolute atomic E-state index is 12.8. The highest BCUT2D eigenvalue weighted by Crippen LogP contribution is 2.21. The molecule has 4 rings (SSSR count). The van der Waals surface area contributed by atoms with Crippen molar-refractivity contribution >= 4 is 28.3 Å². The summed E-state index contributed by atoms with van der Waals surface area (Å²) < 4.78 is 0. The fraction of sp³-hybridized carbons (Fsp3) is 0.208. The molecule has 4 aromatic rings. The van der Waals surface area contributed by atoms with E-state index in [0.29, 0.717) is 23.9 Å². The van der Waals surface area contributed by atoms with E-state index >= 15 is 0 Å². The number of amides is 1. The van der Waals surface area contributed by atoms with Gasteiger partial charge < -0.3 is 15.6 Å². The number of carbonyl (C=O) groups excluding carboxylic acids is 1. The molecule has 1 amide bonds. The van der Waals surface area contributed by atoms with Crippen molar-refractivity contribution in [1.29, 1.82) is 0 Å². The van der Waals surface area contributed by atoms with Gasteiger partial charge in [-0.1, -0.05) is 36.4 Å². The Kier molecular flexibility index (Phi) is 5.48. The summed E-state index contributed by atoms with van der Waals surface area (Å²) in [5.41, 5.74) is 5.59. The molecule has 30 heavy (non-hydrogen) atoms. The fourth-order valence-corrected chi connectivity index (χ4v) is 3.63. The smallest absolute Gasteiger partial charge is 0.274 e. The minimum atomic E-state index is -0.238. The predicted molar refractivity (Wildman–Crippen MR) is 121 cm³/mol. The van der Waals surface area contributed by atoms with Gasteiger partial charge in [0.2, 0.25) is 0 Å². The fourth-order valence-electron chi connectivity index (χ4n) is 3.63. The quantitative estimate of drug-likeness (QED) is 0.435.